The Hall–Kier alpha value is -2.93. The third-order valence-electron chi connectivity index (χ3n) is 6.15. The van der Waals surface area contributed by atoms with E-state index in [1.165, 1.54) is 13.0 Å². The van der Waals surface area contributed by atoms with Crippen molar-refractivity contribution in [2.24, 2.45) is 15.1 Å². The molecule has 2 heterocycles. The number of allylic oxidation sites excluding steroid dienone is 7. The van der Waals surface area contributed by atoms with E-state index in [2.05, 4.69) is 36.6 Å². The number of rotatable bonds is 13. The second kappa shape index (κ2) is 14.0. The zero-order chi connectivity index (χ0) is 26.7. The first-order chi connectivity index (χ1) is 17.1. The molecule has 0 aliphatic carbocycles. The molecule has 0 bridgehead atoms. The molecule has 0 saturated carbocycles. The van der Waals surface area contributed by atoms with Crippen molar-refractivity contribution in [2.75, 3.05) is 26.3 Å². The first-order valence-corrected chi connectivity index (χ1v) is 12.4. The topological polar surface area (TPSA) is 49.5 Å². The molecule has 0 aromatic carbocycles. The molecular weight excluding hydrogens is 458 g/mol. The molecule has 5 nitrogen and oxygen atoms in total. The average molecular weight is 499 g/mol. The smallest absolute Gasteiger partial charge is 0.157 e. The van der Waals surface area contributed by atoms with Crippen LogP contribution in [0.5, 0.6) is 0 Å². The van der Waals surface area contributed by atoms with E-state index in [0.29, 0.717) is 25.9 Å². The Balaban J connectivity index is 2.04. The summed E-state index contributed by atoms with van der Waals surface area (Å²) in [7, 11) is 0. The maximum atomic E-state index is 14.2. The molecule has 0 spiro atoms. The lowest BCUT2D eigenvalue weighted by Crippen LogP contribution is -2.45. The van der Waals surface area contributed by atoms with E-state index in [1.807, 2.05) is 25.1 Å². The van der Waals surface area contributed by atoms with Crippen molar-refractivity contribution < 1.29 is 13.5 Å². The molecule has 7 heteroatoms. The molecule has 2 aliphatic heterocycles. The van der Waals surface area contributed by atoms with Gasteiger partial charge < -0.3 is 4.74 Å². The van der Waals surface area contributed by atoms with Crippen molar-refractivity contribution in [1.29, 1.82) is 0 Å². The third kappa shape index (κ3) is 9.26. The Morgan fingerprint density at radius 3 is 2.53 bits per heavy atom. The van der Waals surface area contributed by atoms with Gasteiger partial charge in [-0.1, -0.05) is 38.8 Å². The van der Waals surface area contributed by atoms with Crippen LogP contribution in [0.3, 0.4) is 0 Å². The minimum atomic E-state index is -1.19. The highest BCUT2D eigenvalue weighted by Crippen LogP contribution is 2.27. The van der Waals surface area contributed by atoms with Crippen molar-refractivity contribution in [1.82, 2.24) is 5.01 Å². The van der Waals surface area contributed by atoms with E-state index in [9.17, 15) is 8.78 Å². The van der Waals surface area contributed by atoms with Gasteiger partial charge in [0.15, 0.2) is 5.67 Å². The number of hydrazone groups is 1. The van der Waals surface area contributed by atoms with E-state index in [-0.39, 0.29) is 19.0 Å². The minimum absolute atomic E-state index is 0.186. The standard InChI is InChI=1S/C29H40F2N4O/c1-8-26(12-10-22(4)30)25(7)33-16-21(3)18-35-24(6)11-13-28(34-35)27(9-2)17-32-23(5)14-15-29(31)19-36-20-29/h8,10,12,17H,1,3,6,9,11,13-16,18-20H2,2,4-5,7H3/b22-10+,26-12+,27-17+,32-23+,33-25+. The Bertz CT molecular complexity index is 1020. The summed E-state index contributed by atoms with van der Waals surface area (Å²) in [5.41, 5.74) is 5.09. The zero-order valence-corrected chi connectivity index (χ0v) is 22.2. The van der Waals surface area contributed by atoms with Gasteiger partial charge in [-0.25, -0.2) is 8.78 Å². The van der Waals surface area contributed by atoms with Crippen molar-refractivity contribution in [3.05, 3.63) is 72.4 Å². The monoisotopic (exact) mass is 498 g/mol. The second-order valence-electron chi connectivity index (χ2n) is 9.42. The van der Waals surface area contributed by atoms with Gasteiger partial charge in [0.2, 0.25) is 0 Å². The van der Waals surface area contributed by atoms with Gasteiger partial charge in [-0.05, 0) is 75.7 Å². The Morgan fingerprint density at radius 1 is 1.22 bits per heavy atom. The normalized spacial score (nSPS) is 19.7. The molecule has 196 valence electrons. The van der Waals surface area contributed by atoms with Crippen molar-refractivity contribution in [3.8, 4) is 0 Å². The van der Waals surface area contributed by atoms with Crippen LogP contribution in [-0.2, 0) is 4.74 Å². The fraction of sp³-hybridized carbons (Fsp3) is 0.483. The first-order valence-electron chi connectivity index (χ1n) is 12.4. The maximum Gasteiger partial charge on any atom is 0.157 e. The van der Waals surface area contributed by atoms with Crippen LogP contribution in [0.2, 0.25) is 0 Å². The van der Waals surface area contributed by atoms with Crippen LogP contribution >= 0.6 is 0 Å². The van der Waals surface area contributed by atoms with Gasteiger partial charge in [0.1, 0.15) is 0 Å². The lowest BCUT2D eigenvalue weighted by Gasteiger charge is -2.33. The third-order valence-corrected chi connectivity index (χ3v) is 6.15. The molecule has 2 aliphatic rings. The largest absolute Gasteiger partial charge is 0.375 e. The Labute approximate surface area is 215 Å². The molecule has 0 radical (unpaired) electrons. The average Bonchev–Trinajstić information content (AvgIpc) is 2.82. The summed E-state index contributed by atoms with van der Waals surface area (Å²) < 4.78 is 32.2. The van der Waals surface area contributed by atoms with Gasteiger partial charge >= 0.3 is 0 Å². The molecule has 1 fully saturated rings. The predicted molar refractivity (Wildman–Crippen MR) is 148 cm³/mol. The summed E-state index contributed by atoms with van der Waals surface area (Å²) in [5, 5.41) is 6.72. The summed E-state index contributed by atoms with van der Waals surface area (Å²) >= 11 is 0. The highest BCUT2D eigenvalue weighted by atomic mass is 19.1. The quantitative estimate of drug-likeness (QED) is 0.153. The number of hydrogen-bond donors (Lipinski definition) is 0. The van der Waals surface area contributed by atoms with Gasteiger partial charge in [-0.15, -0.1) is 0 Å². The van der Waals surface area contributed by atoms with Gasteiger partial charge in [-0.3, -0.25) is 15.0 Å². The van der Waals surface area contributed by atoms with Crippen molar-refractivity contribution in [3.63, 3.8) is 0 Å². The van der Waals surface area contributed by atoms with Gasteiger partial charge in [0.05, 0.1) is 37.8 Å². The predicted octanol–water partition coefficient (Wildman–Crippen LogP) is 7.23. The van der Waals surface area contributed by atoms with Crippen LogP contribution < -0.4 is 0 Å². The summed E-state index contributed by atoms with van der Waals surface area (Å²) in [5.74, 6) is -0.276. The number of alkyl halides is 1. The molecule has 0 amide bonds. The molecular formula is C29H40F2N4O. The SMILES string of the molecule is C=CC(=C\C=C(/C)F)/C(C)=N/CC(=C)CN1N=C(/C(=C/N=C(\C)CCC2(F)COC2)CC)CCC1=C. The zero-order valence-electron chi connectivity index (χ0n) is 22.2. The minimum Gasteiger partial charge on any atom is -0.375 e. The number of nitrogens with zero attached hydrogens (tertiary/aromatic N) is 4. The van der Waals surface area contributed by atoms with Crippen molar-refractivity contribution in [2.45, 2.75) is 65.5 Å². The van der Waals surface area contributed by atoms with E-state index in [4.69, 9.17) is 9.84 Å². The number of hydrogen-bond acceptors (Lipinski definition) is 5. The molecule has 2 rings (SSSR count). The lowest BCUT2D eigenvalue weighted by atomic mass is 9.96. The Morgan fingerprint density at radius 2 is 1.94 bits per heavy atom. The van der Waals surface area contributed by atoms with Crippen LogP contribution in [0.1, 0.15) is 59.8 Å². The molecule has 0 unspecified atom stereocenters. The van der Waals surface area contributed by atoms with Gasteiger partial charge in [0.25, 0.3) is 0 Å². The van der Waals surface area contributed by atoms with Crippen LogP contribution in [0.4, 0.5) is 8.78 Å². The number of aliphatic imine (C=N–C) groups is 2. The van der Waals surface area contributed by atoms with Crippen LogP contribution in [0.15, 0.2) is 87.5 Å². The van der Waals surface area contributed by atoms with E-state index < -0.39 is 5.67 Å². The van der Waals surface area contributed by atoms with Crippen LogP contribution in [0, 0.1) is 0 Å². The van der Waals surface area contributed by atoms with Crippen LogP contribution in [-0.4, -0.2) is 54.1 Å². The molecule has 36 heavy (non-hydrogen) atoms. The molecule has 0 aromatic rings. The molecule has 0 aromatic heterocycles. The highest BCUT2D eigenvalue weighted by Gasteiger charge is 2.38. The maximum absolute atomic E-state index is 14.2. The Kier molecular flexibility index (Phi) is 11.4. The van der Waals surface area contributed by atoms with E-state index in [0.717, 1.165) is 58.8 Å². The number of halogens is 2. The summed E-state index contributed by atoms with van der Waals surface area (Å²) in [6.45, 7) is 20.7. The first kappa shape index (κ1) is 29.3. The van der Waals surface area contributed by atoms with E-state index in [1.54, 1.807) is 12.2 Å². The summed E-state index contributed by atoms with van der Waals surface area (Å²) in [6, 6.07) is 0. The molecule has 0 N–H and O–H groups in total. The molecule has 0 atom stereocenters. The second-order valence-corrected chi connectivity index (χ2v) is 9.42. The number of ether oxygens (including phenoxy) is 1. The molecule has 1 saturated heterocycles. The summed E-state index contributed by atoms with van der Waals surface area (Å²) in [6.07, 6.45) is 10.0. The van der Waals surface area contributed by atoms with Gasteiger partial charge in [-0.2, -0.15) is 5.10 Å². The van der Waals surface area contributed by atoms with Crippen molar-refractivity contribution >= 4 is 17.1 Å². The fourth-order valence-corrected chi connectivity index (χ4v) is 3.65. The van der Waals surface area contributed by atoms with Gasteiger partial charge in [0, 0.05) is 23.3 Å². The van der Waals surface area contributed by atoms with E-state index >= 15 is 0 Å². The fourth-order valence-electron chi connectivity index (χ4n) is 3.65. The van der Waals surface area contributed by atoms with Crippen LogP contribution in [0.25, 0.3) is 0 Å². The highest BCUT2D eigenvalue weighted by molar-refractivity contribution is 6.01. The summed E-state index contributed by atoms with van der Waals surface area (Å²) in [4.78, 5) is 9.17. The lowest BCUT2D eigenvalue weighted by molar-refractivity contribution is -0.132.